The molecule has 2 rings (SSSR count). The topological polar surface area (TPSA) is 98.0 Å². The highest BCUT2D eigenvalue weighted by atomic mass is 79.9. The van der Waals surface area contributed by atoms with Gasteiger partial charge in [-0.25, -0.2) is 4.79 Å². The number of H-pyrrole nitrogens is 1. The van der Waals surface area contributed by atoms with Crippen molar-refractivity contribution in [1.29, 1.82) is 0 Å². The predicted octanol–water partition coefficient (Wildman–Crippen LogP) is 1.26. The molecule has 0 fully saturated rings. The lowest BCUT2D eigenvalue weighted by atomic mass is 10.2. The van der Waals surface area contributed by atoms with E-state index in [9.17, 15) is 19.7 Å². The first kappa shape index (κ1) is 13.2. The third-order valence-corrected chi connectivity index (χ3v) is 3.13. The van der Waals surface area contributed by atoms with Crippen LogP contribution in [0.15, 0.2) is 44.5 Å². The Hall–Kier alpha value is -2.22. The number of aromatic amines is 1. The van der Waals surface area contributed by atoms with Crippen molar-refractivity contribution in [3.8, 4) is 0 Å². The lowest BCUT2D eigenvalue weighted by Gasteiger charge is -2.05. The molecule has 8 heteroatoms. The Morgan fingerprint density at radius 3 is 2.68 bits per heavy atom. The van der Waals surface area contributed by atoms with Gasteiger partial charge in [-0.3, -0.25) is 24.5 Å². The van der Waals surface area contributed by atoms with Crippen molar-refractivity contribution >= 4 is 21.6 Å². The quantitative estimate of drug-likeness (QED) is 0.678. The highest BCUT2D eigenvalue weighted by Crippen LogP contribution is 2.25. The van der Waals surface area contributed by atoms with E-state index in [2.05, 4.69) is 20.9 Å². The maximum absolute atomic E-state index is 11.5. The second-order valence-electron chi connectivity index (χ2n) is 3.78. The van der Waals surface area contributed by atoms with Crippen LogP contribution in [0.2, 0.25) is 0 Å². The van der Waals surface area contributed by atoms with Gasteiger partial charge < -0.3 is 0 Å². The molecule has 1 heterocycles. The first-order valence-corrected chi connectivity index (χ1v) is 5.99. The van der Waals surface area contributed by atoms with Gasteiger partial charge in [-0.15, -0.1) is 0 Å². The van der Waals surface area contributed by atoms with Crippen molar-refractivity contribution in [3.05, 3.63) is 71.5 Å². The van der Waals surface area contributed by atoms with Gasteiger partial charge in [-0.2, -0.15) is 0 Å². The average Bonchev–Trinajstić information content (AvgIpc) is 2.34. The van der Waals surface area contributed by atoms with Crippen LogP contribution in [0.1, 0.15) is 5.56 Å². The zero-order valence-electron chi connectivity index (χ0n) is 9.50. The molecule has 1 aromatic carbocycles. The zero-order chi connectivity index (χ0) is 14.0. The van der Waals surface area contributed by atoms with Gasteiger partial charge in [0.25, 0.3) is 11.2 Å². The van der Waals surface area contributed by atoms with Gasteiger partial charge in [-0.1, -0.05) is 6.07 Å². The van der Waals surface area contributed by atoms with E-state index in [1.54, 1.807) is 12.1 Å². The zero-order valence-corrected chi connectivity index (χ0v) is 11.1. The number of rotatable bonds is 3. The summed E-state index contributed by atoms with van der Waals surface area (Å²) >= 11 is 3.08. The molecule has 0 atom stereocenters. The smallest absolute Gasteiger partial charge is 0.296 e. The molecule has 0 bridgehead atoms. The van der Waals surface area contributed by atoms with Crippen molar-refractivity contribution in [3.63, 3.8) is 0 Å². The summed E-state index contributed by atoms with van der Waals surface area (Å²) < 4.78 is 1.63. The van der Waals surface area contributed by atoms with Crippen molar-refractivity contribution in [2.75, 3.05) is 0 Å². The Bertz CT molecular complexity index is 750. The highest BCUT2D eigenvalue weighted by molar-refractivity contribution is 9.10. The first-order valence-electron chi connectivity index (χ1n) is 5.20. The van der Waals surface area contributed by atoms with Crippen molar-refractivity contribution in [2.45, 2.75) is 6.54 Å². The van der Waals surface area contributed by atoms with Gasteiger partial charge in [0, 0.05) is 18.3 Å². The van der Waals surface area contributed by atoms with E-state index in [0.29, 0.717) is 10.0 Å². The molecule has 98 valence electrons. The molecule has 0 aliphatic heterocycles. The number of halogens is 1. The Balaban J connectivity index is 2.39. The molecule has 0 aliphatic carbocycles. The Morgan fingerprint density at radius 1 is 1.32 bits per heavy atom. The lowest BCUT2D eigenvalue weighted by Crippen LogP contribution is -2.28. The van der Waals surface area contributed by atoms with Crippen molar-refractivity contribution in [2.24, 2.45) is 0 Å². The molecule has 2 aromatic rings. The van der Waals surface area contributed by atoms with Crippen LogP contribution in [-0.4, -0.2) is 14.5 Å². The second-order valence-corrected chi connectivity index (χ2v) is 4.64. The van der Waals surface area contributed by atoms with E-state index in [-0.39, 0.29) is 12.2 Å². The van der Waals surface area contributed by atoms with E-state index < -0.39 is 16.2 Å². The Morgan fingerprint density at radius 2 is 2.05 bits per heavy atom. The van der Waals surface area contributed by atoms with Gasteiger partial charge in [0.05, 0.1) is 15.9 Å². The molecule has 0 aliphatic rings. The summed E-state index contributed by atoms with van der Waals surface area (Å²) in [7, 11) is 0. The van der Waals surface area contributed by atoms with Crippen molar-refractivity contribution < 1.29 is 4.92 Å². The molecule has 0 saturated heterocycles. The molecule has 0 spiro atoms. The maximum Gasteiger partial charge on any atom is 0.328 e. The van der Waals surface area contributed by atoms with Crippen LogP contribution in [0.25, 0.3) is 0 Å². The number of aromatic nitrogens is 2. The number of nitro benzene ring substituents is 1. The molecular weight excluding hydrogens is 318 g/mol. The largest absolute Gasteiger partial charge is 0.328 e. The summed E-state index contributed by atoms with van der Waals surface area (Å²) in [5.74, 6) is 0. The van der Waals surface area contributed by atoms with E-state index in [0.717, 1.165) is 0 Å². The van der Waals surface area contributed by atoms with Crippen LogP contribution in [0.4, 0.5) is 5.69 Å². The number of hydrogen-bond acceptors (Lipinski definition) is 4. The minimum atomic E-state index is -0.557. The Kier molecular flexibility index (Phi) is 3.61. The summed E-state index contributed by atoms with van der Waals surface area (Å²) in [6.07, 6.45) is 1.34. The normalized spacial score (nSPS) is 10.4. The van der Waals surface area contributed by atoms with Crippen LogP contribution in [0.5, 0.6) is 0 Å². The number of nitrogens with zero attached hydrogens (tertiary/aromatic N) is 2. The van der Waals surface area contributed by atoms with Crippen LogP contribution >= 0.6 is 15.9 Å². The van der Waals surface area contributed by atoms with Crippen molar-refractivity contribution in [1.82, 2.24) is 9.55 Å². The molecule has 7 nitrogen and oxygen atoms in total. The first-order chi connectivity index (χ1) is 8.97. The van der Waals surface area contributed by atoms with Crippen LogP contribution in [0.3, 0.4) is 0 Å². The minimum absolute atomic E-state index is 0.0741. The van der Waals surface area contributed by atoms with E-state index >= 15 is 0 Å². The lowest BCUT2D eigenvalue weighted by molar-refractivity contribution is -0.385. The second kappa shape index (κ2) is 5.19. The Labute approximate surface area is 114 Å². The summed E-state index contributed by atoms with van der Waals surface area (Å²) in [6, 6.07) is 5.80. The SMILES string of the molecule is O=c1ccn(Cc2ccc(Br)c([N+](=O)[O-])c2)c(=O)[nH]1. The van der Waals surface area contributed by atoms with E-state index in [1.165, 1.54) is 22.9 Å². The summed E-state index contributed by atoms with van der Waals surface area (Å²) in [5, 5.41) is 10.8. The maximum atomic E-state index is 11.5. The third kappa shape index (κ3) is 2.97. The minimum Gasteiger partial charge on any atom is -0.296 e. The molecule has 0 amide bonds. The van der Waals surface area contributed by atoms with Crippen LogP contribution in [0, 0.1) is 10.1 Å². The summed E-state index contributed by atoms with van der Waals surface area (Å²) in [5.41, 5.74) is -0.528. The molecule has 1 aromatic heterocycles. The standard InChI is InChI=1S/C11H8BrN3O4/c12-8-2-1-7(5-9(8)15(18)19)6-14-4-3-10(16)13-11(14)17/h1-5H,6H2,(H,13,16,17). The molecule has 0 radical (unpaired) electrons. The molecule has 0 unspecified atom stereocenters. The number of nitro groups is 1. The summed E-state index contributed by atoms with van der Waals surface area (Å²) in [4.78, 5) is 34.8. The number of benzene rings is 1. The third-order valence-electron chi connectivity index (χ3n) is 2.46. The van der Waals surface area contributed by atoms with Gasteiger partial charge in [0.2, 0.25) is 0 Å². The van der Waals surface area contributed by atoms with E-state index in [4.69, 9.17) is 0 Å². The number of hydrogen-bond donors (Lipinski definition) is 1. The van der Waals surface area contributed by atoms with Gasteiger partial charge in [-0.05, 0) is 27.6 Å². The van der Waals surface area contributed by atoms with Crippen LogP contribution in [-0.2, 0) is 6.54 Å². The monoisotopic (exact) mass is 325 g/mol. The molecule has 19 heavy (non-hydrogen) atoms. The average molecular weight is 326 g/mol. The fourth-order valence-corrected chi connectivity index (χ4v) is 1.95. The van der Waals surface area contributed by atoms with E-state index in [1.807, 2.05) is 0 Å². The highest BCUT2D eigenvalue weighted by Gasteiger charge is 2.12. The van der Waals surface area contributed by atoms with Gasteiger partial charge in [0.1, 0.15) is 0 Å². The molecule has 0 saturated carbocycles. The molecular formula is C11H8BrN3O4. The summed E-state index contributed by atoms with van der Waals surface area (Å²) in [6.45, 7) is 0.143. The fourth-order valence-electron chi connectivity index (χ4n) is 1.56. The van der Waals surface area contributed by atoms with Crippen LogP contribution < -0.4 is 11.2 Å². The predicted molar refractivity (Wildman–Crippen MR) is 71.2 cm³/mol. The van der Waals surface area contributed by atoms with Gasteiger partial charge in [0.15, 0.2) is 0 Å². The molecule has 1 N–H and O–H groups in total. The number of nitrogens with one attached hydrogen (secondary N) is 1. The van der Waals surface area contributed by atoms with Gasteiger partial charge >= 0.3 is 5.69 Å². The fraction of sp³-hybridized carbons (Fsp3) is 0.0909.